The molecule has 0 aromatic carbocycles. The van der Waals surface area contributed by atoms with E-state index in [4.69, 9.17) is 10.2 Å². The molecular weight excluding hydrogens is 108 g/mol. The molecule has 0 aliphatic rings. The summed E-state index contributed by atoms with van der Waals surface area (Å²) in [5.41, 5.74) is -1.54. The molecule has 0 rings (SSSR count). The number of rotatable bonds is 2. The maximum Gasteiger partial charge on any atom is 0.163 e. The zero-order chi connectivity index (χ0) is 6.78. The molecule has 0 aliphatic heterocycles. The highest BCUT2D eigenvalue weighted by Gasteiger charge is 2.24. The van der Waals surface area contributed by atoms with Gasteiger partial charge in [0.25, 0.3) is 0 Å². The SMILES string of the molecule is CC(=O)C(C)(O)CO. The van der Waals surface area contributed by atoms with Gasteiger partial charge in [0, 0.05) is 0 Å². The van der Waals surface area contributed by atoms with E-state index in [0.717, 1.165) is 0 Å². The van der Waals surface area contributed by atoms with Gasteiger partial charge < -0.3 is 10.2 Å². The fraction of sp³-hybridized carbons (Fsp3) is 0.800. The number of ketones is 1. The third-order valence-electron chi connectivity index (χ3n) is 1.07. The number of carbonyl (C=O) groups is 1. The van der Waals surface area contributed by atoms with Crippen molar-refractivity contribution in [1.82, 2.24) is 0 Å². The molecule has 0 radical (unpaired) electrons. The second-order valence-corrected chi connectivity index (χ2v) is 1.99. The molecule has 8 heavy (non-hydrogen) atoms. The molecule has 1 atom stereocenters. The summed E-state index contributed by atoms with van der Waals surface area (Å²) in [5.74, 6) is -0.417. The Labute approximate surface area is 47.9 Å². The Bertz CT molecular complexity index is 95.8. The van der Waals surface area contributed by atoms with Crippen molar-refractivity contribution in [3.05, 3.63) is 0 Å². The van der Waals surface area contributed by atoms with Gasteiger partial charge in [-0.2, -0.15) is 0 Å². The third kappa shape index (κ3) is 1.60. The molecule has 0 fully saturated rings. The Kier molecular flexibility index (Phi) is 2.12. The van der Waals surface area contributed by atoms with Crippen molar-refractivity contribution in [3.63, 3.8) is 0 Å². The van der Waals surface area contributed by atoms with E-state index in [1.54, 1.807) is 0 Å². The predicted molar refractivity (Wildman–Crippen MR) is 28.4 cm³/mol. The van der Waals surface area contributed by atoms with Crippen LogP contribution in [-0.4, -0.2) is 28.2 Å². The number of aliphatic hydroxyl groups excluding tert-OH is 1. The van der Waals surface area contributed by atoms with Gasteiger partial charge in [-0.15, -0.1) is 0 Å². The van der Waals surface area contributed by atoms with Crippen LogP contribution in [0, 0.1) is 0 Å². The maximum absolute atomic E-state index is 10.3. The summed E-state index contributed by atoms with van der Waals surface area (Å²) in [6.07, 6.45) is 0. The first-order valence-electron chi connectivity index (χ1n) is 2.35. The maximum atomic E-state index is 10.3. The van der Waals surface area contributed by atoms with Crippen LogP contribution in [0.4, 0.5) is 0 Å². The summed E-state index contributed by atoms with van der Waals surface area (Å²) in [4.78, 5) is 10.3. The summed E-state index contributed by atoms with van der Waals surface area (Å²) in [6, 6.07) is 0. The van der Waals surface area contributed by atoms with E-state index in [0.29, 0.717) is 0 Å². The Morgan fingerprint density at radius 1 is 1.75 bits per heavy atom. The van der Waals surface area contributed by atoms with Crippen LogP contribution < -0.4 is 0 Å². The van der Waals surface area contributed by atoms with Crippen molar-refractivity contribution in [2.45, 2.75) is 19.4 Å². The highest BCUT2D eigenvalue weighted by atomic mass is 16.3. The van der Waals surface area contributed by atoms with Gasteiger partial charge in [0.15, 0.2) is 5.78 Å². The van der Waals surface area contributed by atoms with Crippen LogP contribution in [0.15, 0.2) is 0 Å². The topological polar surface area (TPSA) is 57.5 Å². The van der Waals surface area contributed by atoms with Gasteiger partial charge in [0.05, 0.1) is 6.61 Å². The monoisotopic (exact) mass is 118 g/mol. The van der Waals surface area contributed by atoms with Gasteiger partial charge >= 0.3 is 0 Å². The molecule has 0 aromatic heterocycles. The lowest BCUT2D eigenvalue weighted by Gasteiger charge is -2.14. The van der Waals surface area contributed by atoms with Gasteiger partial charge in [0.2, 0.25) is 0 Å². The first-order chi connectivity index (χ1) is 3.50. The molecule has 0 heterocycles. The van der Waals surface area contributed by atoms with Crippen LogP contribution in [-0.2, 0) is 4.79 Å². The van der Waals surface area contributed by atoms with E-state index in [1.807, 2.05) is 0 Å². The molecule has 0 saturated carbocycles. The zero-order valence-electron chi connectivity index (χ0n) is 5.01. The molecule has 0 aromatic rings. The first kappa shape index (κ1) is 7.59. The molecule has 3 nitrogen and oxygen atoms in total. The average molecular weight is 118 g/mol. The summed E-state index contributed by atoms with van der Waals surface area (Å²) < 4.78 is 0. The van der Waals surface area contributed by atoms with E-state index >= 15 is 0 Å². The van der Waals surface area contributed by atoms with Gasteiger partial charge in [-0.05, 0) is 13.8 Å². The summed E-state index contributed by atoms with van der Waals surface area (Å²) in [5, 5.41) is 17.1. The molecule has 0 aliphatic carbocycles. The molecule has 0 spiro atoms. The summed E-state index contributed by atoms with van der Waals surface area (Å²) in [6.45, 7) is 1.99. The summed E-state index contributed by atoms with van der Waals surface area (Å²) in [7, 11) is 0. The average Bonchev–Trinajstić information content (AvgIpc) is 1.67. The molecule has 2 N–H and O–H groups in total. The minimum absolute atomic E-state index is 0.417. The van der Waals surface area contributed by atoms with Crippen molar-refractivity contribution >= 4 is 5.78 Å². The third-order valence-corrected chi connectivity index (χ3v) is 1.07. The predicted octanol–water partition coefficient (Wildman–Crippen LogP) is -0.681. The zero-order valence-corrected chi connectivity index (χ0v) is 5.01. The largest absolute Gasteiger partial charge is 0.393 e. The Morgan fingerprint density at radius 2 is 2.12 bits per heavy atom. The fourth-order valence-corrected chi connectivity index (χ4v) is 0.111. The van der Waals surface area contributed by atoms with E-state index < -0.39 is 18.0 Å². The van der Waals surface area contributed by atoms with Crippen molar-refractivity contribution in [1.29, 1.82) is 0 Å². The fourth-order valence-electron chi connectivity index (χ4n) is 0.111. The summed E-state index contributed by atoms with van der Waals surface area (Å²) >= 11 is 0. The second-order valence-electron chi connectivity index (χ2n) is 1.99. The van der Waals surface area contributed by atoms with Crippen LogP contribution >= 0.6 is 0 Å². The number of hydrogen-bond acceptors (Lipinski definition) is 3. The van der Waals surface area contributed by atoms with Crippen molar-refractivity contribution in [3.8, 4) is 0 Å². The van der Waals surface area contributed by atoms with Crippen molar-refractivity contribution < 1.29 is 15.0 Å². The van der Waals surface area contributed by atoms with Crippen molar-refractivity contribution in [2.75, 3.05) is 6.61 Å². The highest BCUT2D eigenvalue weighted by Crippen LogP contribution is 2.00. The number of hydrogen-bond donors (Lipinski definition) is 2. The normalized spacial score (nSPS) is 17.5. The van der Waals surface area contributed by atoms with Crippen molar-refractivity contribution in [2.24, 2.45) is 0 Å². The van der Waals surface area contributed by atoms with Crippen LogP contribution in [0.5, 0.6) is 0 Å². The second kappa shape index (κ2) is 2.24. The van der Waals surface area contributed by atoms with Crippen LogP contribution in [0.3, 0.4) is 0 Å². The van der Waals surface area contributed by atoms with Gasteiger partial charge in [0.1, 0.15) is 5.60 Å². The van der Waals surface area contributed by atoms with Gasteiger partial charge in [-0.1, -0.05) is 0 Å². The Hall–Kier alpha value is -0.410. The van der Waals surface area contributed by atoms with E-state index in [-0.39, 0.29) is 0 Å². The lowest BCUT2D eigenvalue weighted by Crippen LogP contribution is -2.36. The lowest BCUT2D eigenvalue weighted by atomic mass is 10.0. The van der Waals surface area contributed by atoms with Crippen LogP contribution in [0.25, 0.3) is 0 Å². The smallest absolute Gasteiger partial charge is 0.163 e. The van der Waals surface area contributed by atoms with Crippen LogP contribution in [0.2, 0.25) is 0 Å². The molecule has 0 bridgehead atoms. The van der Waals surface area contributed by atoms with E-state index in [9.17, 15) is 4.79 Å². The molecule has 1 unspecified atom stereocenters. The number of aliphatic hydroxyl groups is 2. The van der Waals surface area contributed by atoms with Crippen LogP contribution in [0.1, 0.15) is 13.8 Å². The minimum atomic E-state index is -1.54. The highest BCUT2D eigenvalue weighted by molar-refractivity contribution is 5.84. The quantitative estimate of drug-likeness (QED) is 0.505. The lowest BCUT2D eigenvalue weighted by molar-refractivity contribution is -0.136. The molecule has 48 valence electrons. The minimum Gasteiger partial charge on any atom is -0.393 e. The molecule has 0 amide bonds. The number of Topliss-reactive ketones (excluding diaryl/α,β-unsaturated/α-hetero) is 1. The number of carbonyl (C=O) groups excluding carboxylic acids is 1. The Morgan fingerprint density at radius 3 is 2.12 bits per heavy atom. The van der Waals surface area contributed by atoms with E-state index in [2.05, 4.69) is 0 Å². The van der Waals surface area contributed by atoms with Gasteiger partial charge in [-0.3, -0.25) is 4.79 Å². The van der Waals surface area contributed by atoms with Gasteiger partial charge in [-0.25, -0.2) is 0 Å². The molecule has 0 saturated heterocycles. The molecule has 3 heteroatoms. The van der Waals surface area contributed by atoms with E-state index in [1.165, 1.54) is 13.8 Å². The standard InChI is InChI=1S/C5H10O3/c1-4(7)5(2,8)3-6/h6,8H,3H2,1-2H3. The molecular formula is C5H10O3. The first-order valence-corrected chi connectivity index (χ1v) is 2.35. The Balaban J connectivity index is 3.91.